The van der Waals surface area contributed by atoms with Gasteiger partial charge in [0.25, 0.3) is 11.3 Å². The molecule has 0 aliphatic carbocycles. The molecule has 0 saturated heterocycles. The van der Waals surface area contributed by atoms with E-state index >= 15 is 0 Å². The molecule has 0 fully saturated rings. The number of pyridine rings is 1. The van der Waals surface area contributed by atoms with Gasteiger partial charge < -0.3 is 0 Å². The summed E-state index contributed by atoms with van der Waals surface area (Å²) in [6, 6.07) is 7.24. The van der Waals surface area contributed by atoms with E-state index in [1.165, 1.54) is 22.3 Å². The Morgan fingerprint density at radius 1 is 1.37 bits per heavy atom. The average molecular weight is 273 g/mol. The first-order valence-corrected chi connectivity index (χ1v) is 6.70. The van der Waals surface area contributed by atoms with Crippen molar-refractivity contribution in [1.29, 1.82) is 0 Å². The zero-order chi connectivity index (χ0) is 13.2. The van der Waals surface area contributed by atoms with Crippen LogP contribution in [0.1, 0.15) is 11.5 Å². The second kappa shape index (κ2) is 4.85. The quantitative estimate of drug-likeness (QED) is 0.730. The number of aromatic amines is 1. The van der Waals surface area contributed by atoms with Crippen molar-refractivity contribution in [2.75, 3.05) is 0 Å². The first-order valence-electron chi connectivity index (χ1n) is 5.71. The zero-order valence-corrected chi connectivity index (χ0v) is 11.0. The summed E-state index contributed by atoms with van der Waals surface area (Å²) >= 11 is 1.54. The van der Waals surface area contributed by atoms with Crippen molar-refractivity contribution in [3.8, 4) is 0 Å². The van der Waals surface area contributed by atoms with Crippen LogP contribution in [0.5, 0.6) is 0 Å². The lowest BCUT2D eigenvalue weighted by Crippen LogP contribution is -2.15. The first kappa shape index (κ1) is 11.9. The van der Waals surface area contributed by atoms with Gasteiger partial charge in [-0.1, -0.05) is 6.07 Å². The molecule has 1 N–H and O–H groups in total. The van der Waals surface area contributed by atoms with E-state index in [9.17, 15) is 4.79 Å². The minimum Gasteiger partial charge on any atom is -0.275 e. The second-order valence-electron chi connectivity index (χ2n) is 3.99. The van der Waals surface area contributed by atoms with Crippen LogP contribution < -0.4 is 5.56 Å². The topological polar surface area (TPSA) is 75.9 Å². The van der Waals surface area contributed by atoms with E-state index in [0.29, 0.717) is 23.0 Å². The number of hydrogen-bond acceptors (Lipinski definition) is 5. The predicted molar refractivity (Wildman–Crippen MR) is 72.1 cm³/mol. The van der Waals surface area contributed by atoms with Gasteiger partial charge in [-0.05, 0) is 19.1 Å². The van der Waals surface area contributed by atoms with Gasteiger partial charge in [0.15, 0.2) is 0 Å². The molecule has 6 nitrogen and oxygen atoms in total. The minimum atomic E-state index is -0.151. The third-order valence-electron chi connectivity index (χ3n) is 2.50. The maximum Gasteiger partial charge on any atom is 0.274 e. The fourth-order valence-corrected chi connectivity index (χ4v) is 2.44. The Morgan fingerprint density at radius 2 is 2.26 bits per heavy atom. The SMILES string of the molecule is Cc1nc2nc(CSc3ccccn3)cc(=O)n2[nH]1. The highest BCUT2D eigenvalue weighted by Crippen LogP contribution is 2.18. The molecule has 0 aliphatic rings. The van der Waals surface area contributed by atoms with E-state index in [2.05, 4.69) is 20.1 Å². The van der Waals surface area contributed by atoms with Crippen LogP contribution in [-0.4, -0.2) is 24.6 Å². The summed E-state index contributed by atoms with van der Waals surface area (Å²) in [7, 11) is 0. The molecule has 0 unspecified atom stereocenters. The second-order valence-corrected chi connectivity index (χ2v) is 4.98. The summed E-state index contributed by atoms with van der Waals surface area (Å²) in [4.78, 5) is 24.6. The maximum atomic E-state index is 11.9. The molecule has 0 aromatic carbocycles. The van der Waals surface area contributed by atoms with Gasteiger partial charge in [0.05, 0.1) is 10.7 Å². The third-order valence-corrected chi connectivity index (χ3v) is 3.48. The van der Waals surface area contributed by atoms with Crippen molar-refractivity contribution in [2.24, 2.45) is 0 Å². The van der Waals surface area contributed by atoms with Crippen molar-refractivity contribution in [3.05, 3.63) is 52.3 Å². The monoisotopic (exact) mass is 273 g/mol. The van der Waals surface area contributed by atoms with Gasteiger partial charge in [-0.2, -0.15) is 9.50 Å². The van der Waals surface area contributed by atoms with Gasteiger partial charge in [0.2, 0.25) is 0 Å². The van der Waals surface area contributed by atoms with E-state index in [4.69, 9.17) is 0 Å². The molecule has 0 bridgehead atoms. The lowest BCUT2D eigenvalue weighted by Gasteiger charge is -2.00. The fourth-order valence-electron chi connectivity index (χ4n) is 1.69. The summed E-state index contributed by atoms with van der Waals surface area (Å²) in [5.41, 5.74) is 0.550. The van der Waals surface area contributed by atoms with E-state index in [1.54, 1.807) is 13.1 Å². The molecular weight excluding hydrogens is 262 g/mol. The molecule has 19 heavy (non-hydrogen) atoms. The molecule has 3 rings (SSSR count). The Balaban J connectivity index is 1.87. The number of fused-ring (bicyclic) bond motifs is 1. The lowest BCUT2D eigenvalue weighted by molar-refractivity contribution is 0.871. The molecule has 0 atom stereocenters. The van der Waals surface area contributed by atoms with Crippen molar-refractivity contribution in [1.82, 2.24) is 24.6 Å². The van der Waals surface area contributed by atoms with Crippen LogP contribution >= 0.6 is 11.8 Å². The van der Waals surface area contributed by atoms with Gasteiger partial charge in [-0.15, -0.1) is 11.8 Å². The van der Waals surface area contributed by atoms with Crippen molar-refractivity contribution in [3.63, 3.8) is 0 Å². The van der Waals surface area contributed by atoms with Gasteiger partial charge in [0, 0.05) is 18.0 Å². The highest BCUT2D eigenvalue weighted by molar-refractivity contribution is 7.98. The summed E-state index contributed by atoms with van der Waals surface area (Å²) in [5, 5.41) is 3.74. The Hall–Kier alpha value is -2.15. The maximum absolute atomic E-state index is 11.9. The van der Waals surface area contributed by atoms with Gasteiger partial charge >= 0.3 is 0 Å². The number of aromatic nitrogens is 5. The number of thioether (sulfide) groups is 1. The molecule has 3 aromatic heterocycles. The standard InChI is InChI=1S/C12H11N5OS/c1-8-14-12-15-9(6-11(18)17(12)16-8)7-19-10-4-2-3-5-13-10/h2-6H,7H2,1H3,(H,14,15,16). The number of H-pyrrole nitrogens is 1. The number of hydrogen-bond donors (Lipinski definition) is 1. The molecule has 3 heterocycles. The smallest absolute Gasteiger partial charge is 0.274 e. The highest BCUT2D eigenvalue weighted by Gasteiger charge is 2.06. The summed E-state index contributed by atoms with van der Waals surface area (Å²) < 4.78 is 1.34. The third kappa shape index (κ3) is 2.50. The molecular formula is C12H11N5OS. The molecule has 0 aliphatic heterocycles. The van der Waals surface area contributed by atoms with Gasteiger partial charge in [-0.25, -0.2) is 9.97 Å². The first-order chi connectivity index (χ1) is 9.22. The normalized spacial score (nSPS) is 11.0. The van der Waals surface area contributed by atoms with E-state index in [1.807, 2.05) is 18.2 Å². The molecule has 0 amide bonds. The van der Waals surface area contributed by atoms with Crippen molar-refractivity contribution >= 4 is 17.5 Å². The van der Waals surface area contributed by atoms with Crippen LogP contribution in [0.4, 0.5) is 0 Å². The predicted octanol–water partition coefficient (Wildman–Crippen LogP) is 1.41. The Kier molecular flexibility index (Phi) is 3.04. The lowest BCUT2D eigenvalue weighted by atomic mass is 10.4. The number of nitrogens with zero attached hydrogens (tertiary/aromatic N) is 4. The minimum absolute atomic E-state index is 0.151. The van der Waals surface area contributed by atoms with E-state index < -0.39 is 0 Å². The summed E-state index contributed by atoms with van der Waals surface area (Å²) in [5.74, 6) is 1.66. The largest absolute Gasteiger partial charge is 0.275 e. The zero-order valence-electron chi connectivity index (χ0n) is 10.2. The molecule has 96 valence electrons. The highest BCUT2D eigenvalue weighted by atomic mass is 32.2. The molecule has 0 radical (unpaired) electrons. The number of aryl methyl sites for hydroxylation is 1. The Labute approximate surface area is 112 Å². The van der Waals surface area contributed by atoms with Crippen LogP contribution in [0, 0.1) is 6.92 Å². The Bertz CT molecular complexity index is 765. The molecule has 0 spiro atoms. The van der Waals surface area contributed by atoms with Crippen LogP contribution in [0.25, 0.3) is 5.78 Å². The van der Waals surface area contributed by atoms with Crippen LogP contribution in [0.2, 0.25) is 0 Å². The summed E-state index contributed by atoms with van der Waals surface area (Å²) in [6.07, 6.45) is 1.74. The molecule has 0 saturated carbocycles. The van der Waals surface area contributed by atoms with Gasteiger partial charge in [0.1, 0.15) is 5.82 Å². The van der Waals surface area contributed by atoms with Crippen LogP contribution in [0.15, 0.2) is 40.3 Å². The van der Waals surface area contributed by atoms with Crippen molar-refractivity contribution < 1.29 is 0 Å². The molecule has 3 aromatic rings. The summed E-state index contributed by atoms with van der Waals surface area (Å²) in [6.45, 7) is 1.79. The fraction of sp³-hybridized carbons (Fsp3) is 0.167. The Morgan fingerprint density at radius 3 is 3.05 bits per heavy atom. The number of rotatable bonds is 3. The van der Waals surface area contributed by atoms with Crippen LogP contribution in [-0.2, 0) is 5.75 Å². The van der Waals surface area contributed by atoms with E-state index in [0.717, 1.165) is 5.03 Å². The van der Waals surface area contributed by atoms with Crippen LogP contribution in [0.3, 0.4) is 0 Å². The van der Waals surface area contributed by atoms with E-state index in [-0.39, 0.29) is 5.56 Å². The van der Waals surface area contributed by atoms with Crippen molar-refractivity contribution in [2.45, 2.75) is 17.7 Å². The molecule has 7 heteroatoms. The van der Waals surface area contributed by atoms with Gasteiger partial charge in [-0.3, -0.25) is 9.89 Å². The average Bonchev–Trinajstić information content (AvgIpc) is 2.79. The number of nitrogens with one attached hydrogen (secondary N) is 1.